The van der Waals surface area contributed by atoms with E-state index in [9.17, 15) is 4.79 Å². The first-order chi connectivity index (χ1) is 12.1. The van der Waals surface area contributed by atoms with E-state index in [1.165, 1.54) is 6.42 Å². The highest BCUT2D eigenvalue weighted by molar-refractivity contribution is 5.97. The molecule has 1 fully saturated rings. The average molecular weight is 342 g/mol. The van der Waals surface area contributed by atoms with E-state index < -0.39 is 0 Å². The van der Waals surface area contributed by atoms with E-state index in [0.717, 1.165) is 42.9 Å². The molecule has 1 aromatic carbocycles. The van der Waals surface area contributed by atoms with Gasteiger partial charge in [-0.3, -0.25) is 4.79 Å². The van der Waals surface area contributed by atoms with Gasteiger partial charge in [0.2, 0.25) is 0 Å². The minimum absolute atomic E-state index is 0.0625. The molecule has 1 saturated heterocycles. The van der Waals surface area contributed by atoms with Crippen LogP contribution in [0.15, 0.2) is 28.8 Å². The third-order valence-corrected chi connectivity index (χ3v) is 5.05. The lowest BCUT2D eigenvalue weighted by molar-refractivity contribution is 0.0666. The Labute approximate surface area is 148 Å². The van der Waals surface area contributed by atoms with Crippen LogP contribution in [0.5, 0.6) is 5.75 Å². The van der Waals surface area contributed by atoms with Crippen molar-refractivity contribution >= 4 is 5.91 Å². The van der Waals surface area contributed by atoms with Crippen LogP contribution in [0.25, 0.3) is 0 Å². The number of benzene rings is 1. The second-order valence-electron chi connectivity index (χ2n) is 6.76. The number of hydrogen-bond donors (Lipinski definition) is 0. The van der Waals surface area contributed by atoms with Crippen molar-refractivity contribution in [3.05, 3.63) is 46.8 Å². The van der Waals surface area contributed by atoms with E-state index in [4.69, 9.17) is 9.26 Å². The standard InChI is InChI=1S/C20H26N2O3/c1-4-16-8-7-11-22(12-16)20(23)17-9-5-6-10-19(17)24-13-18-14(2)21-25-15(18)3/h5-6,9-10,16H,4,7-8,11-13H2,1-3H3. The summed E-state index contributed by atoms with van der Waals surface area (Å²) in [4.78, 5) is 15.0. The number of piperidine rings is 1. The normalized spacial score (nSPS) is 17.6. The Bertz CT molecular complexity index is 719. The monoisotopic (exact) mass is 342 g/mol. The van der Waals surface area contributed by atoms with E-state index in [0.29, 0.717) is 23.8 Å². The lowest BCUT2D eigenvalue weighted by Gasteiger charge is -2.32. The second kappa shape index (κ2) is 7.72. The van der Waals surface area contributed by atoms with Crippen LogP contribution in [0.3, 0.4) is 0 Å². The Kier molecular flexibility index (Phi) is 5.41. The van der Waals surface area contributed by atoms with Gasteiger partial charge in [-0.25, -0.2) is 0 Å². The summed E-state index contributed by atoms with van der Waals surface area (Å²) in [6, 6.07) is 7.48. The van der Waals surface area contributed by atoms with E-state index in [2.05, 4.69) is 12.1 Å². The van der Waals surface area contributed by atoms with Crippen LogP contribution < -0.4 is 4.74 Å². The highest BCUT2D eigenvalue weighted by atomic mass is 16.5. The van der Waals surface area contributed by atoms with Crippen molar-refractivity contribution in [1.82, 2.24) is 10.1 Å². The van der Waals surface area contributed by atoms with Crippen LogP contribution in [0.2, 0.25) is 0 Å². The lowest BCUT2D eigenvalue weighted by atomic mass is 9.95. The molecule has 1 unspecified atom stereocenters. The van der Waals surface area contributed by atoms with Crippen LogP contribution in [0, 0.1) is 19.8 Å². The molecule has 25 heavy (non-hydrogen) atoms. The molecule has 2 heterocycles. The number of hydrogen-bond acceptors (Lipinski definition) is 4. The van der Waals surface area contributed by atoms with Gasteiger partial charge in [0.25, 0.3) is 5.91 Å². The van der Waals surface area contributed by atoms with Gasteiger partial charge in [-0.05, 0) is 44.7 Å². The molecule has 0 aliphatic carbocycles. The molecule has 0 N–H and O–H groups in total. The summed E-state index contributed by atoms with van der Waals surface area (Å²) in [5.41, 5.74) is 2.39. The summed E-state index contributed by atoms with van der Waals surface area (Å²) >= 11 is 0. The van der Waals surface area contributed by atoms with E-state index in [1.807, 2.05) is 43.0 Å². The number of carbonyl (C=O) groups is 1. The largest absolute Gasteiger partial charge is 0.488 e. The van der Waals surface area contributed by atoms with Crippen molar-refractivity contribution in [2.75, 3.05) is 13.1 Å². The number of carbonyl (C=O) groups excluding carboxylic acids is 1. The summed E-state index contributed by atoms with van der Waals surface area (Å²) < 4.78 is 11.1. The van der Waals surface area contributed by atoms with Gasteiger partial charge >= 0.3 is 0 Å². The van der Waals surface area contributed by atoms with Crippen molar-refractivity contribution in [2.45, 2.75) is 46.6 Å². The SMILES string of the molecule is CCC1CCCN(C(=O)c2ccccc2OCc2c(C)noc2C)C1. The summed E-state index contributed by atoms with van der Waals surface area (Å²) in [6.07, 6.45) is 3.41. The molecule has 1 aromatic heterocycles. The Hall–Kier alpha value is -2.30. The van der Waals surface area contributed by atoms with Gasteiger partial charge in [0.15, 0.2) is 0 Å². The summed E-state index contributed by atoms with van der Waals surface area (Å²) in [5.74, 6) is 2.04. The van der Waals surface area contributed by atoms with Crippen LogP contribution in [0.4, 0.5) is 0 Å². The van der Waals surface area contributed by atoms with Crippen LogP contribution in [-0.4, -0.2) is 29.1 Å². The molecule has 2 aromatic rings. The Morgan fingerprint density at radius 1 is 1.36 bits per heavy atom. The molecule has 1 atom stereocenters. The number of nitrogens with zero attached hydrogens (tertiary/aromatic N) is 2. The predicted octanol–water partition coefficient (Wildman–Crippen LogP) is 4.13. The minimum atomic E-state index is 0.0625. The van der Waals surface area contributed by atoms with Gasteiger partial charge in [0.05, 0.1) is 16.8 Å². The fourth-order valence-corrected chi connectivity index (χ4v) is 3.38. The Morgan fingerprint density at radius 3 is 2.88 bits per heavy atom. The van der Waals surface area contributed by atoms with E-state index in [-0.39, 0.29) is 5.91 Å². The summed E-state index contributed by atoms with van der Waals surface area (Å²) in [5, 5.41) is 3.95. The van der Waals surface area contributed by atoms with Crippen molar-refractivity contribution in [3.63, 3.8) is 0 Å². The number of amides is 1. The van der Waals surface area contributed by atoms with Gasteiger partial charge in [0.1, 0.15) is 18.1 Å². The van der Waals surface area contributed by atoms with Crippen molar-refractivity contribution in [1.29, 1.82) is 0 Å². The van der Waals surface area contributed by atoms with Crippen molar-refractivity contribution in [2.24, 2.45) is 5.92 Å². The molecular weight excluding hydrogens is 316 g/mol. The molecule has 1 aliphatic heterocycles. The smallest absolute Gasteiger partial charge is 0.257 e. The molecule has 0 bridgehead atoms. The molecule has 1 amide bonds. The van der Waals surface area contributed by atoms with Gasteiger partial charge in [-0.1, -0.05) is 30.6 Å². The molecule has 5 nitrogen and oxygen atoms in total. The van der Waals surface area contributed by atoms with Crippen molar-refractivity contribution < 1.29 is 14.1 Å². The first-order valence-electron chi connectivity index (χ1n) is 9.03. The molecule has 0 saturated carbocycles. The number of para-hydroxylation sites is 1. The minimum Gasteiger partial charge on any atom is -0.488 e. The zero-order chi connectivity index (χ0) is 17.8. The molecule has 1 aliphatic rings. The maximum absolute atomic E-state index is 13.0. The number of ether oxygens (including phenoxy) is 1. The lowest BCUT2D eigenvalue weighted by Crippen LogP contribution is -2.39. The predicted molar refractivity (Wildman–Crippen MR) is 95.7 cm³/mol. The van der Waals surface area contributed by atoms with Gasteiger partial charge in [-0.15, -0.1) is 0 Å². The number of aryl methyl sites for hydroxylation is 2. The highest BCUT2D eigenvalue weighted by Crippen LogP contribution is 2.26. The zero-order valence-electron chi connectivity index (χ0n) is 15.2. The quantitative estimate of drug-likeness (QED) is 0.820. The average Bonchev–Trinajstić information content (AvgIpc) is 2.97. The van der Waals surface area contributed by atoms with Gasteiger partial charge in [-0.2, -0.15) is 0 Å². The fraction of sp³-hybridized carbons (Fsp3) is 0.500. The third kappa shape index (κ3) is 3.86. The molecule has 134 valence electrons. The van der Waals surface area contributed by atoms with E-state index in [1.54, 1.807) is 0 Å². The molecular formula is C20H26N2O3. The number of aromatic nitrogens is 1. The maximum Gasteiger partial charge on any atom is 0.257 e. The number of likely N-dealkylation sites (tertiary alicyclic amines) is 1. The van der Waals surface area contributed by atoms with Crippen molar-refractivity contribution in [3.8, 4) is 5.75 Å². The summed E-state index contributed by atoms with van der Waals surface area (Å²) in [7, 11) is 0. The molecule has 0 spiro atoms. The summed E-state index contributed by atoms with van der Waals surface area (Å²) in [6.45, 7) is 7.97. The van der Waals surface area contributed by atoms with E-state index >= 15 is 0 Å². The molecule has 0 radical (unpaired) electrons. The van der Waals surface area contributed by atoms with Crippen LogP contribution in [-0.2, 0) is 6.61 Å². The first-order valence-corrected chi connectivity index (χ1v) is 9.03. The Balaban J connectivity index is 1.75. The van der Waals surface area contributed by atoms with Gasteiger partial charge < -0.3 is 14.2 Å². The van der Waals surface area contributed by atoms with Gasteiger partial charge in [0, 0.05) is 13.1 Å². The number of rotatable bonds is 5. The molecule has 3 rings (SSSR count). The highest BCUT2D eigenvalue weighted by Gasteiger charge is 2.25. The Morgan fingerprint density at radius 2 is 2.16 bits per heavy atom. The first kappa shape index (κ1) is 17.5. The second-order valence-corrected chi connectivity index (χ2v) is 6.76. The van der Waals surface area contributed by atoms with Crippen LogP contribution >= 0.6 is 0 Å². The third-order valence-electron chi connectivity index (χ3n) is 5.05. The fourth-order valence-electron chi connectivity index (χ4n) is 3.38. The zero-order valence-corrected chi connectivity index (χ0v) is 15.2. The molecule has 5 heteroatoms. The van der Waals surface area contributed by atoms with Crippen LogP contribution in [0.1, 0.15) is 53.6 Å². The topological polar surface area (TPSA) is 55.6 Å². The maximum atomic E-state index is 13.0.